The Labute approximate surface area is 106 Å². The minimum atomic E-state index is -0.202. The van der Waals surface area contributed by atoms with Crippen LogP contribution < -0.4 is 10.6 Å². The van der Waals surface area contributed by atoms with Crippen LogP contribution in [0.25, 0.3) is 0 Å². The molecule has 6 nitrogen and oxygen atoms in total. The number of carbonyl (C=O) groups excluding carboxylic acids is 1. The van der Waals surface area contributed by atoms with E-state index in [9.17, 15) is 4.79 Å². The van der Waals surface area contributed by atoms with E-state index in [-0.39, 0.29) is 18.1 Å². The molecule has 0 atom stereocenters. The minimum Gasteiger partial charge on any atom is -0.363 e. The molecule has 3 N–H and O–H groups in total. The second-order valence-corrected chi connectivity index (χ2v) is 5.25. The first kappa shape index (κ1) is 13.0. The number of carbonyl (C=O) groups is 1. The first-order chi connectivity index (χ1) is 8.48. The Kier molecular flexibility index (Phi) is 3.68. The van der Waals surface area contributed by atoms with Crippen LogP contribution in [0.4, 0.5) is 5.82 Å². The summed E-state index contributed by atoms with van der Waals surface area (Å²) in [5.41, 5.74) is 0.799. The molecule has 0 bridgehead atoms. The number of nitrogens with one attached hydrogen (secondary N) is 3. The SMILES string of the molecule is CC(C)c1cc(NC(=O)COC2(C)CNC2)n[nH]1. The molecule has 0 aromatic carbocycles. The van der Waals surface area contributed by atoms with Crippen LogP contribution >= 0.6 is 0 Å². The van der Waals surface area contributed by atoms with Crippen LogP contribution in [0.1, 0.15) is 32.4 Å². The maximum atomic E-state index is 11.7. The van der Waals surface area contributed by atoms with Gasteiger partial charge in [-0.2, -0.15) is 5.10 Å². The molecule has 0 spiro atoms. The predicted molar refractivity (Wildman–Crippen MR) is 68.5 cm³/mol. The summed E-state index contributed by atoms with van der Waals surface area (Å²) in [6.45, 7) is 7.75. The molecule has 1 aromatic rings. The second-order valence-electron chi connectivity index (χ2n) is 5.25. The largest absolute Gasteiger partial charge is 0.363 e. The van der Waals surface area contributed by atoms with Crippen molar-refractivity contribution < 1.29 is 9.53 Å². The van der Waals surface area contributed by atoms with Crippen LogP contribution in [0.2, 0.25) is 0 Å². The van der Waals surface area contributed by atoms with E-state index >= 15 is 0 Å². The van der Waals surface area contributed by atoms with Crippen LogP contribution in [0.5, 0.6) is 0 Å². The van der Waals surface area contributed by atoms with Crippen molar-refractivity contribution >= 4 is 11.7 Å². The molecule has 1 amide bonds. The second kappa shape index (κ2) is 5.07. The molecular formula is C12H20N4O2. The fourth-order valence-corrected chi connectivity index (χ4v) is 1.69. The Bertz CT molecular complexity index is 423. The first-order valence-electron chi connectivity index (χ1n) is 6.18. The standard InChI is InChI=1S/C12H20N4O2/c1-8(2)9-4-10(16-15-9)14-11(17)5-18-12(3)6-13-7-12/h4,8,13H,5-7H2,1-3H3,(H2,14,15,16,17). The third-order valence-electron chi connectivity index (χ3n) is 3.04. The summed E-state index contributed by atoms with van der Waals surface area (Å²) in [7, 11) is 0. The first-order valence-corrected chi connectivity index (χ1v) is 6.18. The van der Waals surface area contributed by atoms with E-state index in [4.69, 9.17) is 4.74 Å². The van der Waals surface area contributed by atoms with Gasteiger partial charge in [0.25, 0.3) is 5.91 Å². The van der Waals surface area contributed by atoms with Gasteiger partial charge in [0.05, 0.1) is 5.60 Å². The monoisotopic (exact) mass is 252 g/mol. The number of ether oxygens (including phenoxy) is 1. The van der Waals surface area contributed by atoms with Crippen molar-refractivity contribution in [1.29, 1.82) is 0 Å². The molecule has 0 unspecified atom stereocenters. The van der Waals surface area contributed by atoms with Gasteiger partial charge in [-0.05, 0) is 12.8 Å². The normalized spacial score (nSPS) is 17.6. The minimum absolute atomic E-state index is 0.0576. The van der Waals surface area contributed by atoms with Crippen LogP contribution in [-0.4, -0.2) is 41.4 Å². The molecule has 0 saturated carbocycles. The number of rotatable bonds is 5. The van der Waals surface area contributed by atoms with Crippen LogP contribution in [0.3, 0.4) is 0 Å². The number of hydrogen-bond donors (Lipinski definition) is 3. The molecule has 2 rings (SSSR count). The maximum absolute atomic E-state index is 11.7. The number of nitrogens with zero attached hydrogens (tertiary/aromatic N) is 1. The number of hydrogen-bond acceptors (Lipinski definition) is 4. The van der Waals surface area contributed by atoms with Crippen molar-refractivity contribution in [1.82, 2.24) is 15.5 Å². The van der Waals surface area contributed by atoms with Crippen molar-refractivity contribution in [2.75, 3.05) is 25.0 Å². The Balaban J connectivity index is 1.79. The van der Waals surface area contributed by atoms with E-state index in [0.29, 0.717) is 11.7 Å². The lowest BCUT2D eigenvalue weighted by atomic mass is 10.0. The van der Waals surface area contributed by atoms with Gasteiger partial charge in [-0.1, -0.05) is 13.8 Å². The summed E-state index contributed by atoms with van der Waals surface area (Å²) in [4.78, 5) is 11.7. The van der Waals surface area contributed by atoms with Gasteiger partial charge in [0, 0.05) is 24.8 Å². The number of amides is 1. The average molecular weight is 252 g/mol. The molecule has 0 radical (unpaired) electrons. The van der Waals surface area contributed by atoms with Crippen LogP contribution in [0, 0.1) is 0 Å². The van der Waals surface area contributed by atoms with Crippen LogP contribution in [-0.2, 0) is 9.53 Å². The lowest BCUT2D eigenvalue weighted by Gasteiger charge is -2.38. The van der Waals surface area contributed by atoms with Crippen molar-refractivity contribution in [3.63, 3.8) is 0 Å². The van der Waals surface area contributed by atoms with Gasteiger partial charge < -0.3 is 15.4 Å². The molecule has 6 heteroatoms. The summed E-state index contributed by atoms with van der Waals surface area (Å²) < 4.78 is 5.54. The number of aromatic nitrogens is 2. The lowest BCUT2D eigenvalue weighted by Crippen LogP contribution is -2.59. The van der Waals surface area contributed by atoms with E-state index in [2.05, 4.69) is 34.7 Å². The molecular weight excluding hydrogens is 232 g/mol. The molecule has 1 aliphatic rings. The highest BCUT2D eigenvalue weighted by molar-refractivity contribution is 5.90. The van der Waals surface area contributed by atoms with E-state index in [1.165, 1.54) is 0 Å². The smallest absolute Gasteiger partial charge is 0.251 e. The van der Waals surface area contributed by atoms with E-state index < -0.39 is 0 Å². The fourth-order valence-electron chi connectivity index (χ4n) is 1.69. The van der Waals surface area contributed by atoms with E-state index in [1.54, 1.807) is 0 Å². The summed E-state index contributed by atoms with van der Waals surface area (Å²) in [5, 5.41) is 12.7. The van der Waals surface area contributed by atoms with Gasteiger partial charge in [0.2, 0.25) is 0 Å². The van der Waals surface area contributed by atoms with E-state index in [1.807, 2.05) is 13.0 Å². The molecule has 100 valence electrons. The quantitative estimate of drug-likeness (QED) is 0.726. The summed E-state index contributed by atoms with van der Waals surface area (Å²) in [6.07, 6.45) is 0. The zero-order chi connectivity index (χ0) is 13.2. The third-order valence-corrected chi connectivity index (χ3v) is 3.04. The molecule has 1 aliphatic heterocycles. The number of H-pyrrole nitrogens is 1. The van der Waals surface area contributed by atoms with Gasteiger partial charge in [0.15, 0.2) is 5.82 Å². The zero-order valence-electron chi connectivity index (χ0n) is 11.0. The third kappa shape index (κ3) is 3.08. The Morgan fingerprint density at radius 3 is 2.83 bits per heavy atom. The predicted octanol–water partition coefficient (Wildman–Crippen LogP) is 0.850. The highest BCUT2D eigenvalue weighted by Gasteiger charge is 2.33. The van der Waals surface area contributed by atoms with Crippen molar-refractivity contribution in [2.45, 2.75) is 32.3 Å². The van der Waals surface area contributed by atoms with Gasteiger partial charge in [-0.3, -0.25) is 9.89 Å². The van der Waals surface area contributed by atoms with Gasteiger partial charge in [-0.25, -0.2) is 0 Å². The van der Waals surface area contributed by atoms with Gasteiger partial charge >= 0.3 is 0 Å². The topological polar surface area (TPSA) is 79.0 Å². The van der Waals surface area contributed by atoms with Crippen molar-refractivity contribution in [2.24, 2.45) is 0 Å². The number of anilines is 1. The molecule has 2 heterocycles. The Morgan fingerprint density at radius 1 is 1.61 bits per heavy atom. The summed E-state index contributed by atoms with van der Waals surface area (Å²) >= 11 is 0. The molecule has 18 heavy (non-hydrogen) atoms. The number of aromatic amines is 1. The van der Waals surface area contributed by atoms with Crippen molar-refractivity contribution in [3.05, 3.63) is 11.8 Å². The fraction of sp³-hybridized carbons (Fsp3) is 0.667. The summed E-state index contributed by atoms with van der Waals surface area (Å²) in [6, 6.07) is 1.84. The molecule has 1 fully saturated rings. The maximum Gasteiger partial charge on any atom is 0.251 e. The lowest BCUT2D eigenvalue weighted by molar-refractivity contribution is -0.130. The summed E-state index contributed by atoms with van der Waals surface area (Å²) in [5.74, 6) is 0.730. The Hall–Kier alpha value is -1.40. The van der Waals surface area contributed by atoms with Crippen molar-refractivity contribution in [3.8, 4) is 0 Å². The zero-order valence-corrected chi connectivity index (χ0v) is 11.0. The van der Waals surface area contributed by atoms with Crippen LogP contribution in [0.15, 0.2) is 6.07 Å². The average Bonchev–Trinajstić information content (AvgIpc) is 2.72. The van der Waals surface area contributed by atoms with Gasteiger partial charge in [-0.15, -0.1) is 0 Å². The van der Waals surface area contributed by atoms with Gasteiger partial charge in [0.1, 0.15) is 6.61 Å². The highest BCUT2D eigenvalue weighted by atomic mass is 16.5. The van der Waals surface area contributed by atoms with E-state index in [0.717, 1.165) is 18.8 Å². The molecule has 1 aromatic heterocycles. The highest BCUT2D eigenvalue weighted by Crippen LogP contribution is 2.16. The molecule has 1 saturated heterocycles. The molecule has 0 aliphatic carbocycles. The Morgan fingerprint density at radius 2 is 2.33 bits per heavy atom.